The smallest absolute Gasteiger partial charge is 0.340 e. The first-order valence-electron chi connectivity index (χ1n) is 14.9. The van der Waals surface area contributed by atoms with Crippen LogP contribution in [0.5, 0.6) is 0 Å². The molecule has 1 aliphatic rings. The molecule has 44 heavy (non-hydrogen) atoms. The van der Waals surface area contributed by atoms with Gasteiger partial charge in [0, 0.05) is 10.4 Å². The molecule has 2 amide bonds. The largest absolute Gasteiger partial charge is 0.462 e. The monoisotopic (exact) mass is 613 g/mol. The number of carbonyl (C=O) groups excluding carboxylic acids is 3. The number of fused-ring (bicyclic) bond motifs is 1. The van der Waals surface area contributed by atoms with Crippen molar-refractivity contribution in [3.63, 3.8) is 0 Å². The van der Waals surface area contributed by atoms with E-state index in [4.69, 9.17) is 15.5 Å². The summed E-state index contributed by atoms with van der Waals surface area (Å²) in [5.41, 5.74) is 10.8. The molecule has 0 unspecified atom stereocenters. The molecule has 0 spiro atoms. The van der Waals surface area contributed by atoms with E-state index >= 15 is 0 Å². The Hall–Kier alpha value is -4.37. The lowest BCUT2D eigenvalue weighted by Crippen LogP contribution is -2.26. The van der Waals surface area contributed by atoms with Crippen molar-refractivity contribution in [2.24, 2.45) is 11.7 Å². The van der Waals surface area contributed by atoms with Gasteiger partial charge in [-0.15, -0.1) is 11.3 Å². The summed E-state index contributed by atoms with van der Waals surface area (Å²) in [7, 11) is 0. The number of nitrogens with one attached hydrogen (secondary N) is 1. The maximum Gasteiger partial charge on any atom is 0.340 e. The summed E-state index contributed by atoms with van der Waals surface area (Å²) in [5, 5.41) is 3.15. The second-order valence-electron chi connectivity index (χ2n) is 11.4. The lowest BCUT2D eigenvalue weighted by atomic mass is 9.91. The molecule has 0 saturated carbocycles. The summed E-state index contributed by atoms with van der Waals surface area (Å²) >= 11 is 1.20. The average molecular weight is 614 g/mol. The highest BCUT2D eigenvalue weighted by Crippen LogP contribution is 2.38. The third kappa shape index (κ3) is 6.73. The Balaban J connectivity index is 1.58. The molecule has 5 rings (SSSR count). The zero-order valence-electron chi connectivity index (χ0n) is 25.1. The number of nitrogens with two attached hydrogens (primary N) is 1. The fourth-order valence-electron chi connectivity index (χ4n) is 5.78. The number of amides is 2. The van der Waals surface area contributed by atoms with Gasteiger partial charge < -0.3 is 15.8 Å². The van der Waals surface area contributed by atoms with Gasteiger partial charge in [-0.05, 0) is 85.9 Å². The lowest BCUT2D eigenvalue weighted by molar-refractivity contribution is 0.0525. The third-order valence-corrected chi connectivity index (χ3v) is 8.85. The number of esters is 1. The molecule has 3 N–H and O–H groups in total. The number of benzene rings is 2. The average Bonchev–Trinajstić information content (AvgIpc) is 3.64. The van der Waals surface area contributed by atoms with Gasteiger partial charge in [0.05, 0.1) is 40.0 Å². The van der Waals surface area contributed by atoms with Gasteiger partial charge in [-0.1, -0.05) is 50.2 Å². The number of hydrogen-bond donors (Lipinski definition) is 2. The molecule has 0 saturated heterocycles. The molecule has 228 valence electrons. The fourth-order valence-corrected chi connectivity index (χ4v) is 6.75. The molecule has 1 aliphatic carbocycles. The SMILES string of the molecule is CCOC(=O)c1c(CCc2ccc(F)cc2)nc(CC(C)C)c(C(N)=O)c1-c1ccc(C(=O)N[C@@H]2CCc3ccccc32)s1. The van der Waals surface area contributed by atoms with Crippen LogP contribution in [0.15, 0.2) is 60.7 Å². The molecule has 1 atom stereocenters. The van der Waals surface area contributed by atoms with E-state index in [9.17, 15) is 18.8 Å². The number of thiophene rings is 1. The van der Waals surface area contributed by atoms with Gasteiger partial charge in [-0.25, -0.2) is 9.18 Å². The molecule has 0 bridgehead atoms. The van der Waals surface area contributed by atoms with Gasteiger partial charge >= 0.3 is 5.97 Å². The molecule has 2 aromatic heterocycles. The Labute approximate surface area is 260 Å². The standard InChI is InChI=1S/C35H36FN3O4S/c1-4-43-35(42)31-26(15-11-21-9-13-23(36)14-10-21)38-27(19-20(2)3)30(33(37)40)32(31)28-17-18-29(44-28)34(41)39-25-16-12-22-7-5-6-8-24(22)25/h5-10,13-14,17-18,20,25H,4,11-12,15-16,19H2,1-3H3,(H2,37,40)(H,39,41)/t25-/m1/s1. The van der Waals surface area contributed by atoms with E-state index in [0.29, 0.717) is 46.0 Å². The second kappa shape index (κ2) is 13.5. The van der Waals surface area contributed by atoms with E-state index in [2.05, 4.69) is 11.4 Å². The van der Waals surface area contributed by atoms with Crippen molar-refractivity contribution >= 4 is 29.1 Å². The number of halogens is 1. The molecule has 7 nitrogen and oxygen atoms in total. The second-order valence-corrected chi connectivity index (χ2v) is 12.5. The quantitative estimate of drug-likeness (QED) is 0.185. The van der Waals surface area contributed by atoms with Crippen LogP contribution < -0.4 is 11.1 Å². The van der Waals surface area contributed by atoms with Crippen molar-refractivity contribution in [2.75, 3.05) is 6.61 Å². The lowest BCUT2D eigenvalue weighted by Gasteiger charge is -2.20. The minimum Gasteiger partial charge on any atom is -0.462 e. The Morgan fingerprint density at radius 1 is 1.02 bits per heavy atom. The minimum absolute atomic E-state index is 0.0860. The Bertz CT molecular complexity index is 1700. The first kappa shape index (κ1) is 31.1. The summed E-state index contributed by atoms with van der Waals surface area (Å²) in [6, 6.07) is 17.6. The molecule has 2 heterocycles. The topological polar surface area (TPSA) is 111 Å². The van der Waals surface area contributed by atoms with E-state index < -0.39 is 11.9 Å². The van der Waals surface area contributed by atoms with Crippen molar-refractivity contribution in [3.05, 3.63) is 111 Å². The van der Waals surface area contributed by atoms with Crippen molar-refractivity contribution < 1.29 is 23.5 Å². The number of carbonyl (C=O) groups is 3. The van der Waals surface area contributed by atoms with Gasteiger partial charge in [0.1, 0.15) is 5.82 Å². The third-order valence-electron chi connectivity index (χ3n) is 7.75. The molecule has 0 fully saturated rings. The molecule has 0 radical (unpaired) electrons. The van der Waals surface area contributed by atoms with Crippen LogP contribution in [0.25, 0.3) is 10.4 Å². The summed E-state index contributed by atoms with van der Waals surface area (Å²) in [4.78, 5) is 45.9. The van der Waals surface area contributed by atoms with Gasteiger partial charge in [0.15, 0.2) is 0 Å². The Morgan fingerprint density at radius 2 is 1.77 bits per heavy atom. The Morgan fingerprint density at radius 3 is 2.48 bits per heavy atom. The zero-order valence-corrected chi connectivity index (χ0v) is 25.9. The maximum atomic E-state index is 13.6. The predicted octanol–water partition coefficient (Wildman–Crippen LogP) is 6.63. The number of ether oxygens (including phenoxy) is 1. The van der Waals surface area contributed by atoms with Crippen molar-refractivity contribution in [3.8, 4) is 10.4 Å². The number of nitrogens with zero attached hydrogens (tertiary/aromatic N) is 1. The fraction of sp³-hybridized carbons (Fsp3) is 0.314. The van der Waals surface area contributed by atoms with Crippen molar-refractivity contribution in [2.45, 2.75) is 58.9 Å². The number of pyridine rings is 1. The summed E-state index contributed by atoms with van der Waals surface area (Å²) < 4.78 is 19.0. The van der Waals surface area contributed by atoms with Crippen LogP contribution in [0, 0.1) is 11.7 Å². The number of rotatable bonds is 11. The molecule has 0 aliphatic heterocycles. The van der Waals surface area contributed by atoms with Gasteiger partial charge in [0.2, 0.25) is 0 Å². The number of primary amides is 1. The highest BCUT2D eigenvalue weighted by atomic mass is 32.1. The number of aryl methyl sites for hydroxylation is 3. The molecule has 4 aromatic rings. The first-order valence-corrected chi connectivity index (χ1v) is 15.7. The highest BCUT2D eigenvalue weighted by Gasteiger charge is 2.31. The van der Waals surface area contributed by atoms with Crippen LogP contribution in [-0.4, -0.2) is 29.4 Å². The molecule has 9 heteroatoms. The van der Waals surface area contributed by atoms with Crippen molar-refractivity contribution in [1.82, 2.24) is 10.3 Å². The van der Waals surface area contributed by atoms with E-state index in [0.717, 1.165) is 24.0 Å². The van der Waals surface area contributed by atoms with Crippen LogP contribution >= 0.6 is 11.3 Å². The van der Waals surface area contributed by atoms with E-state index in [1.54, 1.807) is 31.2 Å². The Kier molecular flexibility index (Phi) is 9.54. The summed E-state index contributed by atoms with van der Waals surface area (Å²) in [5.74, 6) is -1.74. The van der Waals surface area contributed by atoms with Crippen molar-refractivity contribution in [1.29, 1.82) is 0 Å². The van der Waals surface area contributed by atoms with Gasteiger partial charge in [0.25, 0.3) is 11.8 Å². The normalized spacial score (nSPS) is 14.0. The molecule has 2 aromatic carbocycles. The van der Waals surface area contributed by atoms with E-state index in [1.165, 1.54) is 29.0 Å². The molecular formula is C35H36FN3O4S. The van der Waals surface area contributed by atoms with Gasteiger partial charge in [-0.3, -0.25) is 14.6 Å². The van der Waals surface area contributed by atoms with Crippen LogP contribution in [-0.2, 0) is 30.4 Å². The molecular weight excluding hydrogens is 577 g/mol. The highest BCUT2D eigenvalue weighted by molar-refractivity contribution is 7.17. The predicted molar refractivity (Wildman–Crippen MR) is 169 cm³/mol. The van der Waals surface area contributed by atoms with E-state index in [1.807, 2.05) is 32.0 Å². The summed E-state index contributed by atoms with van der Waals surface area (Å²) in [6.45, 7) is 5.85. The minimum atomic E-state index is -0.708. The van der Waals surface area contributed by atoms with Crippen LogP contribution in [0.1, 0.15) is 91.7 Å². The number of aromatic nitrogens is 1. The van der Waals surface area contributed by atoms with Crippen LogP contribution in [0.3, 0.4) is 0 Å². The van der Waals surface area contributed by atoms with Gasteiger partial charge in [-0.2, -0.15) is 0 Å². The van der Waals surface area contributed by atoms with E-state index in [-0.39, 0.29) is 41.4 Å². The first-order chi connectivity index (χ1) is 21.2. The van der Waals surface area contributed by atoms with Crippen LogP contribution in [0.4, 0.5) is 4.39 Å². The maximum absolute atomic E-state index is 13.6. The summed E-state index contributed by atoms with van der Waals surface area (Å²) in [6.07, 6.45) is 3.01. The van der Waals surface area contributed by atoms with Crippen LogP contribution in [0.2, 0.25) is 0 Å². The zero-order chi connectivity index (χ0) is 31.4. The number of hydrogen-bond acceptors (Lipinski definition) is 6.